The Morgan fingerprint density at radius 1 is 1.39 bits per heavy atom. The van der Waals surface area contributed by atoms with E-state index < -0.39 is 0 Å². The Hall–Kier alpha value is -1.06. The molecule has 0 bridgehead atoms. The van der Waals surface area contributed by atoms with E-state index in [0.717, 1.165) is 26.1 Å². The van der Waals surface area contributed by atoms with Gasteiger partial charge in [-0.15, -0.1) is 0 Å². The maximum absolute atomic E-state index is 5.88. The van der Waals surface area contributed by atoms with E-state index in [2.05, 4.69) is 36.1 Å². The molecule has 1 fully saturated rings. The van der Waals surface area contributed by atoms with Gasteiger partial charge in [0, 0.05) is 31.9 Å². The second-order valence-corrected chi connectivity index (χ2v) is 4.91. The standard InChI is InChI=1S/C15H24N2O/c1-2-10-18-14-7-5-9-17(12-14)15-8-4-3-6-13(15)11-16/h3-4,6,8,14H,2,5,7,9-12,16H2,1H3. The summed E-state index contributed by atoms with van der Waals surface area (Å²) in [6.07, 6.45) is 3.86. The summed E-state index contributed by atoms with van der Waals surface area (Å²) in [5.74, 6) is 0. The van der Waals surface area contributed by atoms with Gasteiger partial charge >= 0.3 is 0 Å². The molecule has 0 amide bonds. The van der Waals surface area contributed by atoms with Crippen LogP contribution in [0.15, 0.2) is 24.3 Å². The highest BCUT2D eigenvalue weighted by molar-refractivity contribution is 5.54. The van der Waals surface area contributed by atoms with Crippen LogP contribution in [-0.4, -0.2) is 25.8 Å². The Balaban J connectivity index is 2.03. The summed E-state index contributed by atoms with van der Waals surface area (Å²) in [6, 6.07) is 8.43. The molecule has 0 aromatic heterocycles. The van der Waals surface area contributed by atoms with Gasteiger partial charge in [0.2, 0.25) is 0 Å². The topological polar surface area (TPSA) is 38.5 Å². The largest absolute Gasteiger partial charge is 0.376 e. The highest BCUT2D eigenvalue weighted by atomic mass is 16.5. The molecule has 2 rings (SSSR count). The molecule has 100 valence electrons. The zero-order valence-electron chi connectivity index (χ0n) is 11.3. The zero-order valence-corrected chi connectivity index (χ0v) is 11.3. The van der Waals surface area contributed by atoms with Crippen LogP contribution in [0.2, 0.25) is 0 Å². The second-order valence-electron chi connectivity index (χ2n) is 4.91. The van der Waals surface area contributed by atoms with Crippen LogP contribution in [0, 0.1) is 0 Å². The number of ether oxygens (including phenoxy) is 1. The average molecular weight is 248 g/mol. The Kier molecular flexibility index (Phi) is 5.02. The van der Waals surface area contributed by atoms with Gasteiger partial charge in [-0.1, -0.05) is 25.1 Å². The Morgan fingerprint density at radius 2 is 2.22 bits per heavy atom. The number of anilines is 1. The van der Waals surface area contributed by atoms with Crippen LogP contribution in [0.4, 0.5) is 5.69 Å². The summed E-state index contributed by atoms with van der Waals surface area (Å²) in [5.41, 5.74) is 8.33. The third kappa shape index (κ3) is 3.24. The fourth-order valence-corrected chi connectivity index (χ4v) is 2.57. The number of para-hydroxylation sites is 1. The van der Waals surface area contributed by atoms with Crippen molar-refractivity contribution in [2.24, 2.45) is 5.73 Å². The third-order valence-corrected chi connectivity index (χ3v) is 3.49. The predicted molar refractivity (Wildman–Crippen MR) is 75.8 cm³/mol. The lowest BCUT2D eigenvalue weighted by atomic mass is 10.1. The van der Waals surface area contributed by atoms with E-state index in [1.54, 1.807) is 0 Å². The van der Waals surface area contributed by atoms with Crippen LogP contribution >= 0.6 is 0 Å². The summed E-state index contributed by atoms with van der Waals surface area (Å²) in [4.78, 5) is 2.42. The quantitative estimate of drug-likeness (QED) is 0.870. The van der Waals surface area contributed by atoms with Gasteiger partial charge in [0.1, 0.15) is 0 Å². The van der Waals surface area contributed by atoms with E-state index >= 15 is 0 Å². The van der Waals surface area contributed by atoms with Gasteiger partial charge in [-0.25, -0.2) is 0 Å². The summed E-state index contributed by atoms with van der Waals surface area (Å²) < 4.78 is 5.88. The van der Waals surface area contributed by atoms with E-state index in [-0.39, 0.29) is 0 Å². The fraction of sp³-hybridized carbons (Fsp3) is 0.600. The number of piperidine rings is 1. The van der Waals surface area contributed by atoms with Crippen molar-refractivity contribution < 1.29 is 4.74 Å². The molecule has 0 spiro atoms. The van der Waals surface area contributed by atoms with Crippen LogP contribution in [0.25, 0.3) is 0 Å². The Bertz CT molecular complexity index is 367. The summed E-state index contributed by atoms with van der Waals surface area (Å²) >= 11 is 0. The lowest BCUT2D eigenvalue weighted by Gasteiger charge is -2.35. The minimum Gasteiger partial charge on any atom is -0.376 e. The van der Waals surface area contributed by atoms with Gasteiger partial charge in [0.15, 0.2) is 0 Å². The maximum atomic E-state index is 5.88. The van der Waals surface area contributed by atoms with Crippen LogP contribution in [-0.2, 0) is 11.3 Å². The van der Waals surface area contributed by atoms with Crippen molar-refractivity contribution in [2.45, 2.75) is 38.8 Å². The molecule has 1 aliphatic heterocycles. The first-order valence-electron chi connectivity index (χ1n) is 6.99. The molecule has 1 aliphatic rings. The van der Waals surface area contributed by atoms with Crippen LogP contribution in [0.3, 0.4) is 0 Å². The molecule has 1 heterocycles. The second kappa shape index (κ2) is 6.76. The summed E-state index contributed by atoms with van der Waals surface area (Å²) in [6.45, 7) is 5.74. The molecule has 1 aromatic rings. The first-order valence-corrected chi connectivity index (χ1v) is 6.99. The predicted octanol–water partition coefficient (Wildman–Crippen LogP) is 2.54. The van der Waals surface area contributed by atoms with E-state index in [1.807, 2.05) is 0 Å². The number of nitrogens with zero attached hydrogens (tertiary/aromatic N) is 1. The summed E-state index contributed by atoms with van der Waals surface area (Å²) in [7, 11) is 0. The van der Waals surface area contributed by atoms with E-state index in [1.165, 1.54) is 24.1 Å². The number of hydrogen-bond donors (Lipinski definition) is 1. The summed E-state index contributed by atoms with van der Waals surface area (Å²) in [5, 5.41) is 0. The lowest BCUT2D eigenvalue weighted by molar-refractivity contribution is 0.0440. The van der Waals surface area contributed by atoms with Crippen molar-refractivity contribution in [1.29, 1.82) is 0 Å². The first kappa shape index (κ1) is 13.4. The molecule has 1 saturated heterocycles. The third-order valence-electron chi connectivity index (χ3n) is 3.49. The Morgan fingerprint density at radius 3 is 3.00 bits per heavy atom. The number of hydrogen-bond acceptors (Lipinski definition) is 3. The molecule has 1 atom stereocenters. The van der Waals surface area contributed by atoms with Gasteiger partial charge in [-0.3, -0.25) is 0 Å². The highest BCUT2D eigenvalue weighted by Crippen LogP contribution is 2.24. The van der Waals surface area contributed by atoms with Crippen LogP contribution < -0.4 is 10.6 Å². The number of nitrogens with two attached hydrogens (primary N) is 1. The molecular formula is C15H24N2O. The van der Waals surface area contributed by atoms with Gasteiger partial charge in [-0.2, -0.15) is 0 Å². The molecule has 0 aliphatic carbocycles. The minimum absolute atomic E-state index is 0.379. The molecule has 1 aromatic carbocycles. The monoisotopic (exact) mass is 248 g/mol. The number of rotatable bonds is 5. The number of benzene rings is 1. The SMILES string of the molecule is CCCOC1CCCN(c2ccccc2CN)C1. The molecule has 18 heavy (non-hydrogen) atoms. The molecule has 2 N–H and O–H groups in total. The maximum Gasteiger partial charge on any atom is 0.0750 e. The average Bonchev–Trinajstić information content (AvgIpc) is 2.45. The van der Waals surface area contributed by atoms with Gasteiger partial charge in [0.25, 0.3) is 0 Å². The van der Waals surface area contributed by atoms with Crippen molar-refractivity contribution in [3.8, 4) is 0 Å². The van der Waals surface area contributed by atoms with E-state index in [9.17, 15) is 0 Å². The molecule has 0 saturated carbocycles. The normalized spacial score (nSPS) is 20.1. The van der Waals surface area contributed by atoms with Gasteiger partial charge < -0.3 is 15.4 Å². The van der Waals surface area contributed by atoms with Crippen LogP contribution in [0.1, 0.15) is 31.7 Å². The molecule has 3 heteroatoms. The van der Waals surface area contributed by atoms with E-state index in [0.29, 0.717) is 12.6 Å². The first-order chi connectivity index (χ1) is 8.85. The van der Waals surface area contributed by atoms with Crippen molar-refractivity contribution in [1.82, 2.24) is 0 Å². The zero-order chi connectivity index (χ0) is 12.8. The minimum atomic E-state index is 0.379. The molecular weight excluding hydrogens is 224 g/mol. The molecule has 1 unspecified atom stereocenters. The lowest BCUT2D eigenvalue weighted by Crippen LogP contribution is -2.40. The highest BCUT2D eigenvalue weighted by Gasteiger charge is 2.21. The van der Waals surface area contributed by atoms with Gasteiger partial charge in [0.05, 0.1) is 6.10 Å². The van der Waals surface area contributed by atoms with Gasteiger partial charge in [-0.05, 0) is 30.9 Å². The molecule has 0 radical (unpaired) electrons. The van der Waals surface area contributed by atoms with Crippen molar-refractivity contribution in [3.05, 3.63) is 29.8 Å². The van der Waals surface area contributed by atoms with E-state index in [4.69, 9.17) is 10.5 Å². The molecule has 3 nitrogen and oxygen atoms in total. The van der Waals surface area contributed by atoms with Crippen molar-refractivity contribution in [2.75, 3.05) is 24.6 Å². The van der Waals surface area contributed by atoms with Crippen molar-refractivity contribution in [3.63, 3.8) is 0 Å². The smallest absolute Gasteiger partial charge is 0.0750 e. The van der Waals surface area contributed by atoms with Crippen LogP contribution in [0.5, 0.6) is 0 Å². The fourth-order valence-electron chi connectivity index (χ4n) is 2.57. The Labute approximate surface area is 110 Å². The van der Waals surface area contributed by atoms with Crippen molar-refractivity contribution >= 4 is 5.69 Å².